The molecule has 6 rings (SSSR count). The van der Waals surface area contributed by atoms with E-state index < -0.39 is 25.6 Å². The molecule has 5 heteroatoms. The Morgan fingerprint density at radius 3 is 1.77 bits per heavy atom. The molecule has 0 radical (unpaired) electrons. The van der Waals surface area contributed by atoms with Gasteiger partial charge < -0.3 is 24.8 Å². The quantitative estimate of drug-likeness (QED) is 0.220. The summed E-state index contributed by atoms with van der Waals surface area (Å²) in [5.41, 5.74) is 16.8. The zero-order chi connectivity index (χ0) is 33.1. The molecule has 0 N–H and O–H groups in total. The van der Waals surface area contributed by atoms with E-state index in [0.717, 1.165) is 5.75 Å². The standard InChI is InChI=1S/C21H23O.C20H21.C2H6Si.2ClH.Hf/c1-14-11-16-13-18(21(2,3)4)20(22-5)19(17(16)12-14)15-9-7-6-8-10-15;1-14-12-16-6-5-7-18(19(16)13-14)15-8-10-17(11-9-15)20(2,3)4;1-3-2;;;/h6-13H,1-5H3;5-13H,1-4H3;1-2H3;2*1H;/q;;;;;+2/p-2. The second-order valence-electron chi connectivity index (χ2n) is 15.7. The molecule has 0 saturated heterocycles. The van der Waals surface area contributed by atoms with Gasteiger partial charge in [0, 0.05) is 0 Å². The fourth-order valence-corrected chi connectivity index (χ4v) is 37.2. The molecule has 2 aliphatic rings. The molecule has 0 aromatic heterocycles. The molecule has 48 heavy (non-hydrogen) atoms. The molecule has 4 aromatic carbocycles. The first-order valence-electron chi connectivity index (χ1n) is 16.8. The minimum absolute atomic E-state index is 0. The monoisotopic (exact) mass is 860 g/mol. The third kappa shape index (κ3) is 6.91. The summed E-state index contributed by atoms with van der Waals surface area (Å²) in [5, 5.41) is 0. The molecule has 0 heterocycles. The summed E-state index contributed by atoms with van der Waals surface area (Å²) in [6.45, 7) is 24.0. The summed E-state index contributed by atoms with van der Waals surface area (Å²) in [7, 11) is 1.85. The van der Waals surface area contributed by atoms with Crippen molar-refractivity contribution in [2.75, 3.05) is 7.11 Å². The fourth-order valence-electron chi connectivity index (χ4n) is 7.83. The van der Waals surface area contributed by atoms with E-state index in [9.17, 15) is 0 Å². The minimum atomic E-state index is -2.48. The first-order chi connectivity index (χ1) is 21.7. The number of ether oxygens (including phenoxy) is 1. The Balaban J connectivity index is 0.00000260. The summed E-state index contributed by atoms with van der Waals surface area (Å²) in [6.07, 6.45) is 5.09. The van der Waals surface area contributed by atoms with Crippen molar-refractivity contribution in [2.24, 2.45) is 0 Å². The molecule has 0 amide bonds. The van der Waals surface area contributed by atoms with E-state index >= 15 is 0 Å². The third-order valence-electron chi connectivity index (χ3n) is 10.1. The van der Waals surface area contributed by atoms with Crippen LogP contribution in [0.1, 0.15) is 96.1 Å². The average molecular weight is 860 g/mol. The van der Waals surface area contributed by atoms with Crippen LogP contribution in [-0.2, 0) is 30.9 Å². The molecule has 2 atom stereocenters. The van der Waals surface area contributed by atoms with Crippen LogP contribution in [0.25, 0.3) is 34.4 Å². The van der Waals surface area contributed by atoms with Crippen molar-refractivity contribution in [3.63, 3.8) is 0 Å². The minimum Gasteiger partial charge on any atom is -1.00 e. The maximum absolute atomic E-state index is 6.29. The van der Waals surface area contributed by atoms with Gasteiger partial charge in [0.05, 0.1) is 0 Å². The molecule has 2 aliphatic carbocycles. The van der Waals surface area contributed by atoms with Crippen LogP contribution in [0.4, 0.5) is 0 Å². The van der Waals surface area contributed by atoms with E-state index in [0.29, 0.717) is 7.35 Å². The number of hydrogen-bond acceptors (Lipinski definition) is 1. The zero-order valence-electron chi connectivity index (χ0n) is 30.5. The van der Waals surface area contributed by atoms with Crippen LogP contribution in [0.2, 0.25) is 13.1 Å². The first kappa shape index (κ1) is 38.6. The molecule has 4 aromatic rings. The van der Waals surface area contributed by atoms with E-state index in [2.05, 4.69) is 159 Å². The van der Waals surface area contributed by atoms with E-state index in [4.69, 9.17) is 4.74 Å². The summed E-state index contributed by atoms with van der Waals surface area (Å²) in [5.74, 6) is 1.04. The normalized spacial score (nSPS) is 16.4. The van der Waals surface area contributed by atoms with Gasteiger partial charge in [-0.2, -0.15) is 0 Å². The number of fused-ring (bicyclic) bond motifs is 2. The van der Waals surface area contributed by atoms with Crippen LogP contribution >= 0.6 is 0 Å². The Bertz CT molecular complexity index is 1920. The van der Waals surface area contributed by atoms with Gasteiger partial charge in [0.25, 0.3) is 0 Å². The van der Waals surface area contributed by atoms with E-state index in [1.807, 2.05) is 7.11 Å². The van der Waals surface area contributed by atoms with Crippen LogP contribution in [0.3, 0.4) is 0 Å². The van der Waals surface area contributed by atoms with Gasteiger partial charge in [-0.25, -0.2) is 0 Å². The van der Waals surface area contributed by atoms with Crippen molar-refractivity contribution in [1.29, 1.82) is 0 Å². The van der Waals surface area contributed by atoms with Crippen LogP contribution in [0, 0.1) is 0 Å². The first-order valence-corrected chi connectivity index (χ1v) is 28.8. The molecule has 0 spiro atoms. The third-order valence-corrected chi connectivity index (χ3v) is 38.4. The largest absolute Gasteiger partial charge is 1.00 e. The molecular weight excluding hydrogens is 810 g/mol. The van der Waals surface area contributed by atoms with Crippen LogP contribution in [-0.4, -0.2) is 12.6 Å². The van der Waals surface area contributed by atoms with Gasteiger partial charge in [0.15, 0.2) is 0 Å². The van der Waals surface area contributed by atoms with Crippen LogP contribution in [0.5, 0.6) is 5.75 Å². The predicted octanol–water partition coefficient (Wildman–Crippen LogP) is 6.12. The predicted molar refractivity (Wildman–Crippen MR) is 198 cm³/mol. The van der Waals surface area contributed by atoms with E-state index in [1.54, 1.807) is 22.3 Å². The van der Waals surface area contributed by atoms with Crippen molar-refractivity contribution in [3.05, 3.63) is 123 Å². The summed E-state index contributed by atoms with van der Waals surface area (Å²) < 4.78 is 7.48. The maximum atomic E-state index is 6.29. The van der Waals surface area contributed by atoms with Gasteiger partial charge in [-0.3, -0.25) is 0 Å². The Morgan fingerprint density at radius 1 is 0.646 bits per heavy atom. The smallest absolute Gasteiger partial charge is 1.00 e. The van der Waals surface area contributed by atoms with Gasteiger partial charge in [-0.05, 0) is 0 Å². The molecular formula is C43H50Cl2HfOSi. The fraction of sp³-hybridized carbons (Fsp3) is 0.349. The van der Waals surface area contributed by atoms with Gasteiger partial charge in [-0.1, -0.05) is 0 Å². The van der Waals surface area contributed by atoms with Gasteiger partial charge in [0.1, 0.15) is 0 Å². The Morgan fingerprint density at radius 2 is 1.23 bits per heavy atom. The summed E-state index contributed by atoms with van der Waals surface area (Å²) >= 11 is -2.48. The van der Waals surface area contributed by atoms with Gasteiger partial charge in [0.2, 0.25) is 0 Å². The molecule has 1 nitrogen and oxygen atoms in total. The van der Waals surface area contributed by atoms with Gasteiger partial charge in [-0.15, -0.1) is 0 Å². The van der Waals surface area contributed by atoms with Crippen molar-refractivity contribution in [1.82, 2.24) is 0 Å². The van der Waals surface area contributed by atoms with Crippen molar-refractivity contribution < 1.29 is 49.6 Å². The van der Waals surface area contributed by atoms with Crippen LogP contribution < -0.4 is 29.6 Å². The average Bonchev–Trinajstić information content (AvgIpc) is 3.51. The molecule has 2 unspecified atom stereocenters. The van der Waals surface area contributed by atoms with E-state index in [-0.39, 0.29) is 35.6 Å². The van der Waals surface area contributed by atoms with E-state index in [1.165, 1.54) is 44.5 Å². The molecule has 250 valence electrons. The second kappa shape index (κ2) is 14.6. The Hall–Kier alpha value is -2.17. The Kier molecular flexibility index (Phi) is 11.7. The summed E-state index contributed by atoms with van der Waals surface area (Å²) in [6, 6.07) is 30.0. The van der Waals surface area contributed by atoms with Crippen molar-refractivity contribution in [2.45, 2.75) is 86.7 Å². The maximum Gasteiger partial charge on any atom is -1.00 e. The number of benzene rings is 4. The zero-order valence-corrected chi connectivity index (χ0v) is 36.6. The van der Waals surface area contributed by atoms with Crippen LogP contribution in [0.15, 0.2) is 90.0 Å². The molecule has 0 aliphatic heterocycles. The number of rotatable bonds is 5. The van der Waals surface area contributed by atoms with Gasteiger partial charge >= 0.3 is 288 Å². The molecule has 0 fully saturated rings. The summed E-state index contributed by atoms with van der Waals surface area (Å²) in [4.78, 5) is 0. The molecule has 0 bridgehead atoms. The topological polar surface area (TPSA) is 9.23 Å². The number of methoxy groups -OCH3 is 1. The second-order valence-corrected chi connectivity index (χ2v) is 40.6. The van der Waals surface area contributed by atoms with Crippen molar-refractivity contribution in [3.8, 4) is 28.0 Å². The number of halogens is 2. The van der Waals surface area contributed by atoms with Crippen molar-refractivity contribution >= 4 is 17.6 Å². The SMILES string of the molecule is COc1c(C(C)(C)C)cc2c(c1-c1ccccc1)C=C(C)[CH]2[Hf+2]([CH]1C(C)=Cc2c(-c3ccc(C(C)(C)C)cc3)cccc21)=[Si](C)C.[Cl-].[Cl-]. The number of hydrogen-bond donors (Lipinski definition) is 0. The molecule has 0 saturated carbocycles. The Labute approximate surface area is 310 Å². The number of allylic oxidation sites excluding steroid dienone is 2.